The minimum atomic E-state index is 0.0905. The second-order valence-corrected chi connectivity index (χ2v) is 22.5. The van der Waals surface area contributed by atoms with Crippen molar-refractivity contribution in [2.75, 3.05) is 9.80 Å². The number of rotatable bonds is 3. The largest absolute Gasteiger partial charge is 0.311 e. The van der Waals surface area contributed by atoms with Crippen LogP contribution in [0.4, 0.5) is 34.1 Å². The number of thiophene rings is 1. The van der Waals surface area contributed by atoms with Crippen molar-refractivity contribution in [1.29, 1.82) is 0 Å². The maximum absolute atomic E-state index is 2.71. The van der Waals surface area contributed by atoms with Gasteiger partial charge in [-0.1, -0.05) is 112 Å². The number of nitrogens with zero attached hydrogens (tertiary/aromatic N) is 2. The van der Waals surface area contributed by atoms with Crippen molar-refractivity contribution in [2.24, 2.45) is 0 Å². The van der Waals surface area contributed by atoms with Crippen LogP contribution < -0.4 is 25.5 Å². The molecule has 0 radical (unpaired) electrons. The fourth-order valence-electron chi connectivity index (χ4n) is 11.4. The zero-order valence-corrected chi connectivity index (χ0v) is 38.1. The minimum Gasteiger partial charge on any atom is -0.311 e. The average Bonchev–Trinajstić information content (AvgIpc) is 3.54. The Morgan fingerprint density at radius 1 is 0.534 bits per heavy atom. The number of anilines is 6. The van der Waals surface area contributed by atoms with E-state index in [1.807, 2.05) is 0 Å². The molecule has 58 heavy (non-hydrogen) atoms. The summed E-state index contributed by atoms with van der Waals surface area (Å²) in [5.41, 5.74) is 22.8. The normalized spacial score (nSPS) is 19.1. The van der Waals surface area contributed by atoms with E-state index in [2.05, 4.69) is 190 Å². The smallest absolute Gasteiger partial charge is 0.264 e. The zero-order valence-electron chi connectivity index (χ0n) is 37.3. The van der Waals surface area contributed by atoms with Crippen LogP contribution in [0.2, 0.25) is 0 Å². The molecule has 2 nitrogen and oxygen atoms in total. The first-order valence-corrected chi connectivity index (χ1v) is 22.8. The fraction of sp³-hybridized carbons (Fsp3) is 0.407. The first-order chi connectivity index (χ1) is 27.3. The quantitative estimate of drug-likeness (QED) is 0.165. The number of para-hydroxylation sites is 2. The summed E-state index contributed by atoms with van der Waals surface area (Å²) in [6.07, 6.45) is 4.81. The second-order valence-electron chi connectivity index (χ2n) is 21.5. The minimum absolute atomic E-state index is 0.0905. The number of hydrogen-bond acceptors (Lipinski definition) is 3. The molecule has 2 aliphatic heterocycles. The van der Waals surface area contributed by atoms with Gasteiger partial charge in [0.05, 0.1) is 11.4 Å². The van der Waals surface area contributed by atoms with Crippen molar-refractivity contribution in [3.63, 3.8) is 0 Å². The molecule has 10 rings (SSSR count). The summed E-state index contributed by atoms with van der Waals surface area (Å²) in [5, 5.41) is 1.41. The molecule has 0 N–H and O–H groups in total. The summed E-state index contributed by atoms with van der Waals surface area (Å²) >= 11 is 2.07. The third kappa shape index (κ3) is 5.28. The molecule has 0 spiro atoms. The second kappa shape index (κ2) is 12.4. The summed E-state index contributed by atoms with van der Waals surface area (Å²) in [6.45, 7) is 31.6. The molecule has 4 heteroatoms. The Hall–Kier alpha value is -4.28. The third-order valence-electron chi connectivity index (χ3n) is 15.3. The first-order valence-electron chi connectivity index (χ1n) is 22.0. The highest BCUT2D eigenvalue weighted by Gasteiger charge is 2.49. The van der Waals surface area contributed by atoms with Crippen LogP contribution in [-0.2, 0) is 21.7 Å². The van der Waals surface area contributed by atoms with E-state index in [4.69, 9.17) is 0 Å². The topological polar surface area (TPSA) is 6.48 Å². The van der Waals surface area contributed by atoms with Crippen molar-refractivity contribution < 1.29 is 0 Å². The van der Waals surface area contributed by atoms with Crippen LogP contribution >= 0.6 is 11.3 Å². The molecule has 0 saturated carbocycles. The maximum Gasteiger partial charge on any atom is 0.264 e. The van der Waals surface area contributed by atoms with Gasteiger partial charge in [-0.05, 0) is 166 Å². The van der Waals surface area contributed by atoms with E-state index in [-0.39, 0.29) is 28.4 Å². The van der Waals surface area contributed by atoms with Crippen molar-refractivity contribution in [3.05, 3.63) is 123 Å². The summed E-state index contributed by atoms with van der Waals surface area (Å²) in [7, 11) is 0. The molecule has 4 aliphatic rings. The molecule has 0 unspecified atom stereocenters. The molecule has 0 bridgehead atoms. The van der Waals surface area contributed by atoms with Gasteiger partial charge in [0.25, 0.3) is 6.71 Å². The molecule has 5 aromatic carbocycles. The molecule has 1 aromatic heterocycles. The third-order valence-corrected chi connectivity index (χ3v) is 16.5. The first kappa shape index (κ1) is 38.0. The lowest BCUT2D eigenvalue weighted by molar-refractivity contribution is 0.332. The fourth-order valence-corrected chi connectivity index (χ4v) is 12.8. The van der Waals surface area contributed by atoms with E-state index >= 15 is 0 Å². The van der Waals surface area contributed by atoms with Crippen LogP contribution in [0.15, 0.2) is 78.9 Å². The van der Waals surface area contributed by atoms with E-state index in [9.17, 15) is 0 Å². The number of fused-ring (bicyclic) bond motifs is 8. The van der Waals surface area contributed by atoms with Gasteiger partial charge in [0, 0.05) is 37.6 Å². The monoisotopic (exact) mass is 780 g/mol. The van der Waals surface area contributed by atoms with Gasteiger partial charge in [-0.15, -0.1) is 11.3 Å². The number of benzene rings is 5. The van der Waals surface area contributed by atoms with E-state index < -0.39 is 0 Å². The molecule has 0 fully saturated rings. The highest BCUT2D eigenvalue weighted by Crippen LogP contribution is 2.55. The van der Waals surface area contributed by atoms with Gasteiger partial charge < -0.3 is 9.80 Å². The summed E-state index contributed by atoms with van der Waals surface area (Å²) in [5.74, 6) is 0.360. The van der Waals surface area contributed by atoms with Crippen LogP contribution in [-0.4, -0.2) is 6.71 Å². The summed E-state index contributed by atoms with van der Waals surface area (Å²) in [4.78, 5) is 5.41. The van der Waals surface area contributed by atoms with E-state index in [1.165, 1.54) is 125 Å². The summed E-state index contributed by atoms with van der Waals surface area (Å²) in [6, 6.07) is 31.7. The van der Waals surface area contributed by atoms with Gasteiger partial charge in [0.15, 0.2) is 0 Å². The Labute approximate surface area is 352 Å². The van der Waals surface area contributed by atoms with Crippen LogP contribution in [0.25, 0.3) is 10.1 Å². The lowest BCUT2D eigenvalue weighted by Crippen LogP contribution is -2.61. The predicted molar refractivity (Wildman–Crippen MR) is 255 cm³/mol. The molecular weight excluding hydrogens is 719 g/mol. The zero-order chi connectivity index (χ0) is 41.0. The van der Waals surface area contributed by atoms with Crippen molar-refractivity contribution in [2.45, 2.75) is 143 Å². The summed E-state index contributed by atoms with van der Waals surface area (Å²) < 4.78 is 2.90. The van der Waals surface area contributed by atoms with Gasteiger partial charge in [-0.25, -0.2) is 0 Å². The van der Waals surface area contributed by atoms with Crippen LogP contribution in [0.3, 0.4) is 0 Å². The Balaban J connectivity index is 1.40. The van der Waals surface area contributed by atoms with Gasteiger partial charge in [0.1, 0.15) is 0 Å². The Kier molecular flexibility index (Phi) is 8.11. The van der Waals surface area contributed by atoms with E-state index in [1.54, 1.807) is 5.56 Å². The Morgan fingerprint density at radius 3 is 1.60 bits per heavy atom. The molecule has 296 valence electrons. The Morgan fingerprint density at radius 2 is 1.03 bits per heavy atom. The van der Waals surface area contributed by atoms with Crippen molar-refractivity contribution in [3.8, 4) is 0 Å². The highest BCUT2D eigenvalue weighted by atomic mass is 32.1. The highest BCUT2D eigenvalue weighted by molar-refractivity contribution is 7.33. The van der Waals surface area contributed by atoms with E-state index in [0.29, 0.717) is 5.92 Å². The molecule has 3 heterocycles. The Bertz CT molecular complexity index is 2700. The molecule has 0 saturated heterocycles. The SMILES string of the molecule is Cc1ccccc1N1c2cc(C(C)C)cc3c2B(c2cc4c(cc2N3c2c(C)cccc2C)C(C)(C)CCC4(C)C)c2sc3cc4c(cc3c21)C(C)(C)CCC4(C)C. The van der Waals surface area contributed by atoms with Crippen LogP contribution in [0.5, 0.6) is 0 Å². The van der Waals surface area contributed by atoms with Gasteiger partial charge in [-0.3, -0.25) is 0 Å². The van der Waals surface area contributed by atoms with Crippen molar-refractivity contribution in [1.82, 2.24) is 0 Å². The molecule has 6 aromatic rings. The lowest BCUT2D eigenvalue weighted by atomic mass is 9.35. The van der Waals surface area contributed by atoms with Crippen LogP contribution in [0, 0.1) is 20.8 Å². The number of aryl methyl sites for hydroxylation is 3. The average molecular weight is 781 g/mol. The van der Waals surface area contributed by atoms with E-state index in [0.717, 1.165) is 0 Å². The predicted octanol–water partition coefficient (Wildman–Crippen LogP) is 13.7. The standard InChI is InChI=1S/C54H61BN2S/c1-31(2)35-25-44-47-45(26-35)57(48-33(4)18-16-19-34(48)5)43-29-39-38(52(8,9)22-23-53(39,10)11)28-41(43)55(47)50-49(56(44)42-20-15-14-17-32(42)3)36-27-37-40(30-46(36)58-50)54(12,13)24-21-51(37,6)7/h14-20,25-31H,21-24H2,1-13H3. The van der Waals surface area contributed by atoms with Gasteiger partial charge in [-0.2, -0.15) is 0 Å². The lowest BCUT2D eigenvalue weighted by Gasteiger charge is -2.47. The maximum atomic E-state index is 2.71. The molecule has 0 amide bonds. The van der Waals surface area contributed by atoms with Crippen LogP contribution in [0.1, 0.15) is 145 Å². The molecular formula is C54H61BN2S. The number of hydrogen-bond donors (Lipinski definition) is 0. The molecule has 2 aliphatic carbocycles. The molecule has 0 atom stereocenters. The van der Waals surface area contributed by atoms with Gasteiger partial charge in [0.2, 0.25) is 0 Å². The van der Waals surface area contributed by atoms with Crippen molar-refractivity contribution >= 4 is 78.0 Å². The van der Waals surface area contributed by atoms with Gasteiger partial charge >= 0.3 is 0 Å².